The minimum atomic E-state index is 0.127. The zero-order valence-corrected chi connectivity index (χ0v) is 11.1. The van der Waals surface area contributed by atoms with Crippen molar-refractivity contribution in [2.24, 2.45) is 0 Å². The van der Waals surface area contributed by atoms with E-state index in [-0.39, 0.29) is 5.60 Å². The predicted octanol–water partition coefficient (Wildman–Crippen LogP) is 1.53. The number of nitrogen functional groups attached to an aromatic ring is 1. The van der Waals surface area contributed by atoms with Crippen molar-refractivity contribution in [1.29, 1.82) is 0 Å². The molecule has 2 atom stereocenters. The Labute approximate surface area is 109 Å². The Morgan fingerprint density at radius 2 is 2.53 bits per heavy atom. The van der Waals surface area contributed by atoms with Crippen molar-refractivity contribution in [3.63, 3.8) is 0 Å². The molecule has 2 aliphatic heterocycles. The Kier molecular flexibility index (Phi) is 3.23. The summed E-state index contributed by atoms with van der Waals surface area (Å²) in [7, 11) is 0. The molecule has 2 unspecified atom stereocenters. The number of hydrogen-bond donors (Lipinski definition) is 2. The average molecular weight is 272 g/mol. The van der Waals surface area contributed by atoms with Crippen LogP contribution in [0.4, 0.5) is 5.95 Å². The highest BCUT2D eigenvalue weighted by molar-refractivity contribution is 8.00. The molecule has 0 bridgehead atoms. The second kappa shape index (κ2) is 4.70. The van der Waals surface area contributed by atoms with Crippen LogP contribution in [0, 0.1) is 0 Å². The Hall–Kier alpha value is -0.400. The van der Waals surface area contributed by atoms with Gasteiger partial charge in [-0.15, -0.1) is 5.10 Å². The molecule has 0 amide bonds. The standard InChI is InChI=1S/C10H16N4OS2/c11-8-12-9(14-13-8)17-7-1-3-15-10(5-7)2-4-16-6-10/h7H,1-6H2,(H3,11,12,13,14). The number of nitrogens with two attached hydrogens (primary N) is 1. The monoisotopic (exact) mass is 272 g/mol. The molecule has 2 saturated heterocycles. The third-order valence-corrected chi connectivity index (χ3v) is 5.62. The summed E-state index contributed by atoms with van der Waals surface area (Å²) in [4.78, 5) is 4.15. The number of aromatic nitrogens is 3. The van der Waals surface area contributed by atoms with E-state index >= 15 is 0 Å². The molecular weight excluding hydrogens is 256 g/mol. The number of nitrogens with zero attached hydrogens (tertiary/aromatic N) is 2. The Bertz CT molecular complexity index is 391. The van der Waals surface area contributed by atoms with Crippen LogP contribution in [-0.4, -0.2) is 44.1 Å². The summed E-state index contributed by atoms with van der Waals surface area (Å²) in [6.45, 7) is 0.859. The van der Waals surface area contributed by atoms with Gasteiger partial charge >= 0.3 is 0 Å². The average Bonchev–Trinajstić information content (AvgIpc) is 2.89. The number of hydrogen-bond acceptors (Lipinski definition) is 6. The second-order valence-electron chi connectivity index (χ2n) is 4.57. The van der Waals surface area contributed by atoms with E-state index in [1.54, 1.807) is 11.8 Å². The van der Waals surface area contributed by atoms with E-state index in [9.17, 15) is 0 Å². The van der Waals surface area contributed by atoms with Gasteiger partial charge in [-0.05, 0) is 25.0 Å². The van der Waals surface area contributed by atoms with Gasteiger partial charge in [-0.1, -0.05) is 11.8 Å². The number of aromatic amines is 1. The van der Waals surface area contributed by atoms with Crippen LogP contribution in [-0.2, 0) is 4.74 Å². The van der Waals surface area contributed by atoms with Crippen LogP contribution in [0.5, 0.6) is 0 Å². The van der Waals surface area contributed by atoms with E-state index in [2.05, 4.69) is 15.2 Å². The third-order valence-electron chi connectivity index (χ3n) is 3.27. The third kappa shape index (κ3) is 2.56. The van der Waals surface area contributed by atoms with Crippen LogP contribution in [0.3, 0.4) is 0 Å². The first-order chi connectivity index (χ1) is 8.26. The molecule has 0 aliphatic carbocycles. The van der Waals surface area contributed by atoms with E-state index < -0.39 is 0 Å². The largest absolute Gasteiger partial charge is 0.374 e. The van der Waals surface area contributed by atoms with Gasteiger partial charge in [-0.3, -0.25) is 0 Å². The lowest BCUT2D eigenvalue weighted by Crippen LogP contribution is -2.40. The number of nitrogens with one attached hydrogen (secondary N) is 1. The number of rotatable bonds is 2. The first-order valence-electron chi connectivity index (χ1n) is 5.82. The van der Waals surface area contributed by atoms with Crippen LogP contribution in [0.1, 0.15) is 19.3 Å². The Balaban J connectivity index is 1.64. The molecule has 3 rings (SSSR count). The molecule has 1 aromatic rings. The van der Waals surface area contributed by atoms with Crippen LogP contribution in [0.25, 0.3) is 0 Å². The lowest BCUT2D eigenvalue weighted by molar-refractivity contribution is -0.0562. The maximum atomic E-state index is 5.99. The topological polar surface area (TPSA) is 76.8 Å². The number of H-pyrrole nitrogens is 1. The Morgan fingerprint density at radius 3 is 3.24 bits per heavy atom. The summed E-state index contributed by atoms with van der Waals surface area (Å²) >= 11 is 3.72. The van der Waals surface area contributed by atoms with Gasteiger partial charge in [0.25, 0.3) is 0 Å². The van der Waals surface area contributed by atoms with Gasteiger partial charge in [0.05, 0.1) is 5.60 Å². The molecule has 2 aliphatic rings. The number of anilines is 1. The van der Waals surface area contributed by atoms with E-state index in [1.165, 1.54) is 12.2 Å². The number of ether oxygens (including phenoxy) is 1. The van der Waals surface area contributed by atoms with Crippen LogP contribution in [0.15, 0.2) is 5.16 Å². The summed E-state index contributed by atoms with van der Waals surface area (Å²) in [5.41, 5.74) is 5.66. The van der Waals surface area contributed by atoms with E-state index in [0.717, 1.165) is 30.4 Å². The first-order valence-corrected chi connectivity index (χ1v) is 7.85. The van der Waals surface area contributed by atoms with E-state index in [1.807, 2.05) is 11.8 Å². The summed E-state index contributed by atoms with van der Waals surface area (Å²) in [6, 6.07) is 0. The molecule has 1 aromatic heterocycles. The van der Waals surface area contributed by atoms with Crippen molar-refractivity contribution in [3.8, 4) is 0 Å². The quantitative estimate of drug-likeness (QED) is 0.850. The summed E-state index contributed by atoms with van der Waals surface area (Å²) in [5.74, 6) is 2.76. The van der Waals surface area contributed by atoms with Crippen LogP contribution in [0.2, 0.25) is 0 Å². The fraction of sp³-hybridized carbons (Fsp3) is 0.800. The zero-order valence-electron chi connectivity index (χ0n) is 9.52. The van der Waals surface area contributed by atoms with Crippen LogP contribution >= 0.6 is 23.5 Å². The minimum Gasteiger partial charge on any atom is -0.374 e. The Morgan fingerprint density at radius 1 is 1.59 bits per heavy atom. The maximum Gasteiger partial charge on any atom is 0.216 e. The maximum absolute atomic E-state index is 5.99. The van der Waals surface area contributed by atoms with Gasteiger partial charge in [0, 0.05) is 17.6 Å². The van der Waals surface area contributed by atoms with Gasteiger partial charge in [-0.25, -0.2) is 5.10 Å². The van der Waals surface area contributed by atoms with Gasteiger partial charge < -0.3 is 10.5 Å². The second-order valence-corrected chi connectivity index (χ2v) is 6.94. The molecule has 5 nitrogen and oxygen atoms in total. The molecule has 0 saturated carbocycles. The molecule has 2 fully saturated rings. The molecule has 94 valence electrons. The van der Waals surface area contributed by atoms with Crippen molar-refractivity contribution in [3.05, 3.63) is 0 Å². The predicted molar refractivity (Wildman–Crippen MR) is 70.3 cm³/mol. The summed E-state index contributed by atoms with van der Waals surface area (Å²) in [6.07, 6.45) is 3.37. The fourth-order valence-corrected chi connectivity index (χ4v) is 4.93. The van der Waals surface area contributed by atoms with Gasteiger partial charge in [0.1, 0.15) is 0 Å². The zero-order chi connectivity index (χ0) is 11.7. The summed E-state index contributed by atoms with van der Waals surface area (Å²) in [5, 5.41) is 8.07. The molecule has 0 radical (unpaired) electrons. The van der Waals surface area contributed by atoms with Crippen molar-refractivity contribution in [2.75, 3.05) is 23.8 Å². The first kappa shape index (κ1) is 11.7. The van der Waals surface area contributed by atoms with E-state index in [0.29, 0.717) is 11.2 Å². The molecule has 0 aromatic carbocycles. The number of thioether (sulfide) groups is 2. The normalized spacial score (nSPS) is 33.3. The molecule has 1 spiro atoms. The fourth-order valence-electron chi connectivity index (χ4n) is 2.41. The van der Waals surface area contributed by atoms with E-state index in [4.69, 9.17) is 10.5 Å². The van der Waals surface area contributed by atoms with Crippen molar-refractivity contribution >= 4 is 29.5 Å². The molecular formula is C10H16N4OS2. The van der Waals surface area contributed by atoms with Crippen molar-refractivity contribution in [2.45, 2.75) is 35.3 Å². The summed E-state index contributed by atoms with van der Waals surface area (Å²) < 4.78 is 5.99. The lowest BCUT2D eigenvalue weighted by Gasteiger charge is -2.37. The highest BCUT2D eigenvalue weighted by Crippen LogP contribution is 2.42. The van der Waals surface area contributed by atoms with Gasteiger partial charge in [0.2, 0.25) is 11.1 Å². The minimum absolute atomic E-state index is 0.127. The van der Waals surface area contributed by atoms with Gasteiger partial charge in [-0.2, -0.15) is 16.7 Å². The highest BCUT2D eigenvalue weighted by Gasteiger charge is 2.40. The highest BCUT2D eigenvalue weighted by atomic mass is 32.2. The van der Waals surface area contributed by atoms with Crippen LogP contribution < -0.4 is 5.73 Å². The molecule has 3 N–H and O–H groups in total. The van der Waals surface area contributed by atoms with Gasteiger partial charge in [0.15, 0.2) is 0 Å². The SMILES string of the molecule is Nc1nc(SC2CCOC3(CCSC3)C2)n[nH]1. The van der Waals surface area contributed by atoms with Crippen molar-refractivity contribution in [1.82, 2.24) is 15.2 Å². The molecule has 17 heavy (non-hydrogen) atoms. The lowest BCUT2D eigenvalue weighted by atomic mass is 9.93. The molecule has 7 heteroatoms. The van der Waals surface area contributed by atoms with Crippen molar-refractivity contribution < 1.29 is 4.74 Å². The smallest absolute Gasteiger partial charge is 0.216 e. The molecule has 3 heterocycles.